The molecule has 0 saturated heterocycles. The molecule has 0 aromatic heterocycles. The van der Waals surface area contributed by atoms with Gasteiger partial charge in [-0.3, -0.25) is 4.79 Å². The standard InChI is InChI=1S/C6H14N2O3/c7-2-1-3-8-5(4-9)6(10)11/h5,8-9H,1-4,7H2,(H,10,11)/t5-/m0/s1. The van der Waals surface area contributed by atoms with Crippen LogP contribution in [0.15, 0.2) is 0 Å². The van der Waals surface area contributed by atoms with Gasteiger partial charge in [-0.15, -0.1) is 0 Å². The Kier molecular flexibility index (Phi) is 5.73. The molecule has 1 atom stereocenters. The van der Waals surface area contributed by atoms with Gasteiger partial charge < -0.3 is 21.3 Å². The van der Waals surface area contributed by atoms with Gasteiger partial charge in [-0.05, 0) is 19.5 Å². The van der Waals surface area contributed by atoms with Crippen LogP contribution in [0, 0.1) is 0 Å². The van der Waals surface area contributed by atoms with E-state index in [0.29, 0.717) is 19.5 Å². The molecule has 0 aliphatic carbocycles. The Labute approximate surface area is 65.2 Å². The van der Waals surface area contributed by atoms with Crippen molar-refractivity contribution in [2.75, 3.05) is 19.7 Å². The molecule has 0 radical (unpaired) electrons. The molecule has 5 nitrogen and oxygen atoms in total. The molecular formula is C6H14N2O3. The summed E-state index contributed by atoms with van der Waals surface area (Å²) in [7, 11) is 0. The normalized spacial score (nSPS) is 12.9. The lowest BCUT2D eigenvalue weighted by Crippen LogP contribution is -2.40. The third-order valence-electron chi connectivity index (χ3n) is 1.25. The van der Waals surface area contributed by atoms with Gasteiger partial charge in [0.25, 0.3) is 0 Å². The average Bonchev–Trinajstić information content (AvgIpc) is 1.97. The molecule has 11 heavy (non-hydrogen) atoms. The van der Waals surface area contributed by atoms with E-state index in [4.69, 9.17) is 15.9 Å². The van der Waals surface area contributed by atoms with Gasteiger partial charge in [0.15, 0.2) is 0 Å². The van der Waals surface area contributed by atoms with Gasteiger partial charge in [-0.1, -0.05) is 0 Å². The van der Waals surface area contributed by atoms with Crippen molar-refractivity contribution in [1.29, 1.82) is 0 Å². The second kappa shape index (κ2) is 6.09. The summed E-state index contributed by atoms with van der Waals surface area (Å²) in [5, 5.41) is 19.6. The van der Waals surface area contributed by atoms with Crippen LogP contribution in [-0.2, 0) is 4.79 Å². The first kappa shape index (κ1) is 10.3. The van der Waals surface area contributed by atoms with Crippen LogP contribution in [-0.4, -0.2) is 41.9 Å². The zero-order valence-corrected chi connectivity index (χ0v) is 6.29. The maximum absolute atomic E-state index is 10.3. The molecule has 0 fully saturated rings. The Morgan fingerprint density at radius 3 is 2.64 bits per heavy atom. The number of aliphatic carboxylic acids is 1. The van der Waals surface area contributed by atoms with Gasteiger partial charge in [-0.2, -0.15) is 0 Å². The van der Waals surface area contributed by atoms with E-state index in [1.165, 1.54) is 0 Å². The van der Waals surface area contributed by atoms with E-state index in [9.17, 15) is 4.79 Å². The SMILES string of the molecule is NCCCN[C@@H](CO)C(=O)O. The number of hydrogen-bond acceptors (Lipinski definition) is 4. The third kappa shape index (κ3) is 4.72. The highest BCUT2D eigenvalue weighted by atomic mass is 16.4. The molecule has 5 N–H and O–H groups in total. The number of nitrogens with one attached hydrogen (secondary N) is 1. The number of carbonyl (C=O) groups is 1. The summed E-state index contributed by atoms with van der Waals surface area (Å²) in [6.07, 6.45) is 0.712. The zero-order chi connectivity index (χ0) is 8.69. The average molecular weight is 162 g/mol. The molecule has 0 bridgehead atoms. The predicted octanol–water partition coefficient (Wildman–Crippen LogP) is -1.63. The van der Waals surface area contributed by atoms with Crippen molar-refractivity contribution >= 4 is 5.97 Å². The number of nitrogens with two attached hydrogens (primary N) is 1. The fourth-order valence-electron chi connectivity index (χ4n) is 0.608. The molecule has 0 aromatic rings. The van der Waals surface area contributed by atoms with E-state index >= 15 is 0 Å². The van der Waals surface area contributed by atoms with Crippen molar-refractivity contribution in [2.45, 2.75) is 12.5 Å². The van der Waals surface area contributed by atoms with Gasteiger partial charge in [0, 0.05) is 0 Å². The molecule has 0 aliphatic rings. The van der Waals surface area contributed by atoms with Crippen LogP contribution in [0.25, 0.3) is 0 Å². The lowest BCUT2D eigenvalue weighted by Gasteiger charge is -2.09. The van der Waals surface area contributed by atoms with Crippen molar-refractivity contribution in [3.8, 4) is 0 Å². The maximum Gasteiger partial charge on any atom is 0.323 e. The number of aliphatic hydroxyl groups excluding tert-OH is 1. The first-order chi connectivity index (χ1) is 5.22. The Morgan fingerprint density at radius 1 is 1.64 bits per heavy atom. The summed E-state index contributed by atoms with van der Waals surface area (Å²) in [5.41, 5.74) is 5.18. The van der Waals surface area contributed by atoms with E-state index in [2.05, 4.69) is 5.32 Å². The molecule has 0 rings (SSSR count). The van der Waals surface area contributed by atoms with Crippen LogP contribution in [0.4, 0.5) is 0 Å². The first-order valence-electron chi connectivity index (χ1n) is 3.49. The lowest BCUT2D eigenvalue weighted by molar-refractivity contribution is -0.140. The fourth-order valence-corrected chi connectivity index (χ4v) is 0.608. The highest BCUT2D eigenvalue weighted by Crippen LogP contribution is 1.82. The molecule has 66 valence electrons. The molecule has 0 aliphatic heterocycles. The molecule has 0 saturated carbocycles. The molecule has 0 amide bonds. The minimum Gasteiger partial charge on any atom is -0.480 e. The molecule has 5 heteroatoms. The van der Waals surface area contributed by atoms with Gasteiger partial charge in [-0.25, -0.2) is 0 Å². The molecule has 0 spiro atoms. The van der Waals surface area contributed by atoms with Crippen molar-refractivity contribution in [3.63, 3.8) is 0 Å². The Morgan fingerprint density at radius 2 is 2.27 bits per heavy atom. The summed E-state index contributed by atoms with van der Waals surface area (Å²) in [4.78, 5) is 10.3. The number of carboxylic acid groups (broad SMARTS) is 1. The van der Waals surface area contributed by atoms with Gasteiger partial charge in [0.2, 0.25) is 0 Å². The van der Waals surface area contributed by atoms with Crippen molar-refractivity contribution in [2.24, 2.45) is 5.73 Å². The molecule has 0 unspecified atom stereocenters. The number of hydrogen-bond donors (Lipinski definition) is 4. The van der Waals surface area contributed by atoms with Crippen LogP contribution in [0.1, 0.15) is 6.42 Å². The first-order valence-corrected chi connectivity index (χ1v) is 3.49. The number of aliphatic hydroxyl groups is 1. The van der Waals surface area contributed by atoms with Gasteiger partial charge >= 0.3 is 5.97 Å². The molecular weight excluding hydrogens is 148 g/mol. The minimum atomic E-state index is -1.04. The predicted molar refractivity (Wildman–Crippen MR) is 40.2 cm³/mol. The second-order valence-electron chi connectivity index (χ2n) is 2.17. The number of rotatable bonds is 6. The smallest absolute Gasteiger partial charge is 0.323 e. The highest BCUT2D eigenvalue weighted by molar-refractivity contribution is 5.73. The van der Waals surface area contributed by atoms with Gasteiger partial charge in [0.05, 0.1) is 6.61 Å². The Hall–Kier alpha value is -0.650. The van der Waals surface area contributed by atoms with Gasteiger partial charge in [0.1, 0.15) is 6.04 Å². The Bertz CT molecular complexity index is 118. The van der Waals surface area contributed by atoms with Crippen LogP contribution in [0.5, 0.6) is 0 Å². The van der Waals surface area contributed by atoms with E-state index < -0.39 is 12.0 Å². The van der Waals surface area contributed by atoms with Crippen molar-refractivity contribution in [1.82, 2.24) is 5.32 Å². The number of carboxylic acids is 1. The summed E-state index contributed by atoms with van der Waals surface area (Å²) in [5.74, 6) is -1.04. The van der Waals surface area contributed by atoms with E-state index in [1.807, 2.05) is 0 Å². The van der Waals surface area contributed by atoms with Crippen LogP contribution in [0.2, 0.25) is 0 Å². The van der Waals surface area contributed by atoms with E-state index in [1.54, 1.807) is 0 Å². The van der Waals surface area contributed by atoms with Crippen molar-refractivity contribution in [3.05, 3.63) is 0 Å². The maximum atomic E-state index is 10.3. The minimum absolute atomic E-state index is 0.389. The summed E-state index contributed by atoms with van der Waals surface area (Å²) in [6, 6.07) is -0.860. The van der Waals surface area contributed by atoms with Crippen LogP contribution in [0.3, 0.4) is 0 Å². The second-order valence-corrected chi connectivity index (χ2v) is 2.17. The molecule has 0 heterocycles. The van der Waals surface area contributed by atoms with Crippen molar-refractivity contribution < 1.29 is 15.0 Å². The topological polar surface area (TPSA) is 95.6 Å². The summed E-state index contributed by atoms with van der Waals surface area (Å²) in [6.45, 7) is 0.651. The molecule has 0 aromatic carbocycles. The summed E-state index contributed by atoms with van der Waals surface area (Å²) >= 11 is 0. The largest absolute Gasteiger partial charge is 0.480 e. The quantitative estimate of drug-likeness (QED) is 0.352. The van der Waals surface area contributed by atoms with Crippen LogP contribution < -0.4 is 11.1 Å². The van der Waals surface area contributed by atoms with E-state index in [0.717, 1.165) is 0 Å². The lowest BCUT2D eigenvalue weighted by atomic mass is 10.3. The summed E-state index contributed by atoms with van der Waals surface area (Å²) < 4.78 is 0. The van der Waals surface area contributed by atoms with Crippen LogP contribution >= 0.6 is 0 Å². The fraction of sp³-hybridized carbons (Fsp3) is 0.833. The Balaban J connectivity index is 3.44. The monoisotopic (exact) mass is 162 g/mol. The highest BCUT2D eigenvalue weighted by Gasteiger charge is 2.13. The third-order valence-corrected chi connectivity index (χ3v) is 1.25. The zero-order valence-electron chi connectivity index (χ0n) is 6.29. The van der Waals surface area contributed by atoms with E-state index in [-0.39, 0.29) is 6.61 Å².